The highest BCUT2D eigenvalue weighted by atomic mass is 19.2. The number of carbonyl (C=O) groups excluding carboxylic acids is 1. The summed E-state index contributed by atoms with van der Waals surface area (Å²) in [5.41, 5.74) is 0.807. The van der Waals surface area contributed by atoms with Gasteiger partial charge >= 0.3 is 12.1 Å². The number of nitrogens with zero attached hydrogens (tertiary/aromatic N) is 1. The molecule has 0 bridgehead atoms. The molecule has 3 rings (SSSR count). The Morgan fingerprint density at radius 1 is 1.16 bits per heavy atom. The van der Waals surface area contributed by atoms with Crippen LogP contribution in [0.1, 0.15) is 22.7 Å². The maximum Gasteiger partial charge on any atom is 0.411 e. The van der Waals surface area contributed by atoms with Crippen molar-refractivity contribution in [2.24, 2.45) is 0 Å². The van der Waals surface area contributed by atoms with Gasteiger partial charge in [0.25, 0.3) is 0 Å². The highest BCUT2D eigenvalue weighted by molar-refractivity contribution is 5.82. The molecule has 130 valence electrons. The molecule has 0 saturated heterocycles. The zero-order valence-corrected chi connectivity index (χ0v) is 13.1. The zero-order chi connectivity index (χ0) is 18.0. The van der Waals surface area contributed by atoms with Crippen molar-refractivity contribution in [3.05, 3.63) is 70.8 Å². The van der Waals surface area contributed by atoms with Gasteiger partial charge in [0.05, 0.1) is 0 Å². The van der Waals surface area contributed by atoms with Crippen LogP contribution in [0.4, 0.5) is 13.6 Å². The van der Waals surface area contributed by atoms with E-state index in [1.165, 1.54) is 6.07 Å². The maximum absolute atomic E-state index is 13.9. The number of amides is 1. The maximum atomic E-state index is 13.9. The third-order valence-electron chi connectivity index (χ3n) is 4.11. The molecule has 2 aromatic rings. The minimum Gasteiger partial charge on any atom is -0.479 e. The summed E-state index contributed by atoms with van der Waals surface area (Å²) >= 11 is 0. The van der Waals surface area contributed by atoms with Crippen LogP contribution in [-0.4, -0.2) is 28.6 Å². The SMILES string of the molecule is O=C(O)C1c2ccc(F)c(F)c2CCN1C(=O)OCc1ccccc1. The van der Waals surface area contributed by atoms with Crippen molar-refractivity contribution in [3.63, 3.8) is 0 Å². The molecule has 0 saturated carbocycles. The van der Waals surface area contributed by atoms with Crippen LogP contribution >= 0.6 is 0 Å². The lowest BCUT2D eigenvalue weighted by molar-refractivity contribution is -0.143. The first-order valence-corrected chi connectivity index (χ1v) is 7.66. The minimum absolute atomic E-state index is 0.00680. The topological polar surface area (TPSA) is 66.8 Å². The third kappa shape index (κ3) is 3.31. The van der Waals surface area contributed by atoms with Crippen LogP contribution in [0, 0.1) is 11.6 Å². The molecule has 1 N–H and O–H groups in total. The monoisotopic (exact) mass is 347 g/mol. The van der Waals surface area contributed by atoms with E-state index >= 15 is 0 Å². The van der Waals surface area contributed by atoms with Crippen LogP contribution in [0.15, 0.2) is 42.5 Å². The van der Waals surface area contributed by atoms with Crippen molar-refractivity contribution in [1.29, 1.82) is 0 Å². The van der Waals surface area contributed by atoms with E-state index in [9.17, 15) is 23.5 Å². The quantitative estimate of drug-likeness (QED) is 0.925. The largest absolute Gasteiger partial charge is 0.479 e. The van der Waals surface area contributed by atoms with E-state index in [0.29, 0.717) is 0 Å². The van der Waals surface area contributed by atoms with Gasteiger partial charge < -0.3 is 9.84 Å². The van der Waals surface area contributed by atoms with Crippen molar-refractivity contribution in [2.75, 3.05) is 6.54 Å². The summed E-state index contributed by atoms with van der Waals surface area (Å²) in [5, 5.41) is 9.48. The number of rotatable bonds is 3. The molecule has 0 spiro atoms. The summed E-state index contributed by atoms with van der Waals surface area (Å²) < 4.78 is 32.5. The van der Waals surface area contributed by atoms with Crippen LogP contribution in [0.5, 0.6) is 0 Å². The van der Waals surface area contributed by atoms with Crippen molar-refractivity contribution in [2.45, 2.75) is 19.1 Å². The van der Waals surface area contributed by atoms with E-state index in [4.69, 9.17) is 4.74 Å². The molecular weight excluding hydrogens is 332 g/mol. The number of hydrogen-bond acceptors (Lipinski definition) is 3. The Morgan fingerprint density at radius 3 is 2.56 bits per heavy atom. The van der Waals surface area contributed by atoms with E-state index in [1.807, 2.05) is 6.07 Å². The van der Waals surface area contributed by atoms with Crippen LogP contribution < -0.4 is 0 Å². The lowest BCUT2D eigenvalue weighted by Crippen LogP contribution is -2.44. The van der Waals surface area contributed by atoms with Gasteiger partial charge in [0.1, 0.15) is 6.61 Å². The molecule has 5 nitrogen and oxygen atoms in total. The van der Waals surface area contributed by atoms with Crippen molar-refractivity contribution >= 4 is 12.1 Å². The van der Waals surface area contributed by atoms with Crippen molar-refractivity contribution < 1.29 is 28.2 Å². The van der Waals surface area contributed by atoms with Gasteiger partial charge in [-0.05, 0) is 29.2 Å². The Labute approximate surface area is 142 Å². The summed E-state index contributed by atoms with van der Waals surface area (Å²) in [6, 6.07) is 9.59. The summed E-state index contributed by atoms with van der Waals surface area (Å²) in [7, 11) is 0. The predicted octanol–water partition coefficient (Wildman–Crippen LogP) is 3.29. The number of aliphatic carboxylic acids is 1. The molecule has 1 unspecified atom stereocenters. The molecular formula is C18H15F2NO4. The van der Waals surface area contributed by atoms with E-state index in [2.05, 4.69) is 0 Å². The second kappa shape index (κ2) is 6.88. The lowest BCUT2D eigenvalue weighted by Gasteiger charge is -2.34. The third-order valence-corrected chi connectivity index (χ3v) is 4.11. The minimum atomic E-state index is -1.41. The first-order chi connectivity index (χ1) is 12.0. The molecule has 2 aromatic carbocycles. The summed E-state index contributed by atoms with van der Waals surface area (Å²) in [5.74, 6) is -3.44. The van der Waals surface area contributed by atoms with Crippen LogP contribution in [0.25, 0.3) is 0 Å². The fraction of sp³-hybridized carbons (Fsp3) is 0.222. The number of carboxylic acid groups (broad SMARTS) is 1. The summed E-state index contributed by atoms with van der Waals surface area (Å²) in [4.78, 5) is 25.0. The molecule has 1 heterocycles. The summed E-state index contributed by atoms with van der Waals surface area (Å²) in [6.45, 7) is -0.0783. The number of benzene rings is 2. The van der Waals surface area contributed by atoms with Crippen LogP contribution in [0.3, 0.4) is 0 Å². The Bertz CT molecular complexity index is 810. The Morgan fingerprint density at radius 2 is 1.88 bits per heavy atom. The van der Waals surface area contributed by atoms with Gasteiger partial charge in [0.2, 0.25) is 0 Å². The molecule has 0 radical (unpaired) electrons. The average Bonchev–Trinajstić information content (AvgIpc) is 2.62. The zero-order valence-electron chi connectivity index (χ0n) is 13.1. The Balaban J connectivity index is 1.82. The van der Waals surface area contributed by atoms with Crippen molar-refractivity contribution in [1.82, 2.24) is 4.90 Å². The number of carbonyl (C=O) groups is 2. The van der Waals surface area contributed by atoms with Crippen molar-refractivity contribution in [3.8, 4) is 0 Å². The van der Waals surface area contributed by atoms with E-state index in [1.54, 1.807) is 24.3 Å². The molecule has 1 amide bonds. The Hall–Kier alpha value is -2.96. The fourth-order valence-electron chi connectivity index (χ4n) is 2.91. The lowest BCUT2D eigenvalue weighted by atomic mass is 9.92. The van der Waals surface area contributed by atoms with E-state index < -0.39 is 29.7 Å². The molecule has 25 heavy (non-hydrogen) atoms. The number of carboxylic acids is 1. The first kappa shape index (κ1) is 16.9. The van der Waals surface area contributed by atoms with Gasteiger partial charge in [-0.2, -0.15) is 0 Å². The molecule has 1 aliphatic heterocycles. The Kier molecular flexibility index (Phi) is 4.65. The van der Waals surface area contributed by atoms with Crippen LogP contribution in [-0.2, 0) is 22.6 Å². The number of ether oxygens (including phenoxy) is 1. The number of halogens is 2. The van der Waals surface area contributed by atoms with Gasteiger partial charge in [-0.15, -0.1) is 0 Å². The standard InChI is InChI=1S/C18H15F2NO4/c19-14-7-6-13-12(15(14)20)8-9-21(16(13)17(22)23)18(24)25-10-11-4-2-1-3-5-11/h1-7,16H,8-10H2,(H,22,23). The highest BCUT2D eigenvalue weighted by Crippen LogP contribution is 2.33. The fourth-order valence-corrected chi connectivity index (χ4v) is 2.91. The highest BCUT2D eigenvalue weighted by Gasteiger charge is 2.38. The van der Waals surface area contributed by atoms with Crippen LogP contribution in [0.2, 0.25) is 0 Å². The predicted molar refractivity (Wildman–Crippen MR) is 83.8 cm³/mol. The molecule has 7 heteroatoms. The van der Waals surface area contributed by atoms with E-state index in [-0.39, 0.29) is 30.7 Å². The molecule has 1 atom stereocenters. The van der Waals surface area contributed by atoms with Gasteiger partial charge in [0.15, 0.2) is 17.7 Å². The molecule has 1 aliphatic rings. The van der Waals surface area contributed by atoms with Gasteiger partial charge in [-0.3, -0.25) is 4.90 Å². The second-order valence-corrected chi connectivity index (χ2v) is 5.65. The smallest absolute Gasteiger partial charge is 0.411 e. The molecule has 0 fully saturated rings. The normalized spacial score (nSPS) is 16.2. The van der Waals surface area contributed by atoms with Gasteiger partial charge in [-0.1, -0.05) is 36.4 Å². The molecule has 0 aliphatic carbocycles. The second-order valence-electron chi connectivity index (χ2n) is 5.65. The molecule has 0 aromatic heterocycles. The number of fused-ring (bicyclic) bond motifs is 1. The number of hydrogen-bond donors (Lipinski definition) is 1. The van der Waals surface area contributed by atoms with Gasteiger partial charge in [-0.25, -0.2) is 18.4 Å². The average molecular weight is 347 g/mol. The van der Waals surface area contributed by atoms with E-state index in [0.717, 1.165) is 16.5 Å². The van der Waals surface area contributed by atoms with Gasteiger partial charge in [0, 0.05) is 6.54 Å². The summed E-state index contributed by atoms with van der Waals surface area (Å²) in [6.07, 6.45) is -0.796. The first-order valence-electron chi connectivity index (χ1n) is 7.66.